The number of carbonyl (C=O) groups excluding carboxylic acids is 1. The van der Waals surface area contributed by atoms with E-state index < -0.39 is 0 Å². The van der Waals surface area contributed by atoms with Crippen molar-refractivity contribution in [1.29, 1.82) is 0 Å². The Kier molecular flexibility index (Phi) is 7.84. The molecule has 0 aliphatic heterocycles. The summed E-state index contributed by atoms with van der Waals surface area (Å²) in [5, 5.41) is 8.17. The number of aliphatic imine (C=N–C) groups is 1. The lowest BCUT2D eigenvalue weighted by Crippen LogP contribution is -2.27. The zero-order chi connectivity index (χ0) is 31.1. The molecule has 7 rings (SSSR count). The fourth-order valence-corrected chi connectivity index (χ4v) is 8.01. The lowest BCUT2D eigenvalue weighted by Gasteiger charge is -2.33. The minimum Gasteiger partial charge on any atom is -0.342 e. The number of amides is 1. The van der Waals surface area contributed by atoms with Crippen LogP contribution in [0.25, 0.3) is 21.7 Å². The SMILES string of the molecule is CC(C)(C)[C@@H]1CCc2c(sc(N=Cc3cn(Cc4cccc5ccccc45)c4ccccc34)c2C(=O)Nc2ccc(Cl)cc2)C1. The molecule has 6 heteroatoms. The summed E-state index contributed by atoms with van der Waals surface area (Å²) in [5.74, 6) is 0.453. The molecule has 1 N–H and O–H groups in total. The molecule has 4 aromatic carbocycles. The zero-order valence-electron chi connectivity index (χ0n) is 25.8. The molecule has 1 aliphatic carbocycles. The summed E-state index contributed by atoms with van der Waals surface area (Å²) >= 11 is 7.77. The maximum Gasteiger partial charge on any atom is 0.259 e. The van der Waals surface area contributed by atoms with Crippen LogP contribution < -0.4 is 5.32 Å². The number of hydrogen-bond donors (Lipinski definition) is 1. The first-order chi connectivity index (χ1) is 21.7. The van der Waals surface area contributed by atoms with Gasteiger partial charge in [-0.25, -0.2) is 4.99 Å². The standard InChI is InChI=1S/C39H36ClN3OS/c1-39(2,3)28-15-20-33-35(21-28)45-38(36(33)37(44)42-30-18-16-29(40)17-19-30)41-22-27-24-43(34-14-7-6-13-32(27)34)23-26-11-8-10-25-9-4-5-12-31(25)26/h4-14,16-19,22,24,28H,15,20-21,23H2,1-3H3,(H,42,44)/t28-/m1/s1. The van der Waals surface area contributed by atoms with Gasteiger partial charge in [-0.3, -0.25) is 4.79 Å². The Hall–Kier alpha value is -4.19. The van der Waals surface area contributed by atoms with E-state index in [-0.39, 0.29) is 11.3 Å². The van der Waals surface area contributed by atoms with Crippen LogP contribution in [0.5, 0.6) is 0 Å². The number of para-hydroxylation sites is 1. The second kappa shape index (κ2) is 12.0. The second-order valence-corrected chi connectivity index (χ2v) is 14.6. The topological polar surface area (TPSA) is 46.4 Å². The van der Waals surface area contributed by atoms with Gasteiger partial charge in [0.2, 0.25) is 0 Å². The quantitative estimate of drug-likeness (QED) is 0.183. The predicted molar refractivity (Wildman–Crippen MR) is 191 cm³/mol. The van der Waals surface area contributed by atoms with Crippen molar-refractivity contribution in [2.24, 2.45) is 16.3 Å². The third-order valence-electron chi connectivity index (χ3n) is 9.16. The van der Waals surface area contributed by atoms with Gasteiger partial charge in [0, 0.05) is 51.0 Å². The van der Waals surface area contributed by atoms with E-state index in [1.165, 1.54) is 21.2 Å². The van der Waals surface area contributed by atoms with E-state index in [9.17, 15) is 4.79 Å². The van der Waals surface area contributed by atoms with Gasteiger partial charge in [-0.15, -0.1) is 11.3 Å². The van der Waals surface area contributed by atoms with Crippen LogP contribution in [0, 0.1) is 11.3 Å². The Balaban J connectivity index is 1.26. The van der Waals surface area contributed by atoms with Gasteiger partial charge in [-0.2, -0.15) is 0 Å². The molecule has 2 heterocycles. The summed E-state index contributed by atoms with van der Waals surface area (Å²) in [7, 11) is 0. The number of hydrogen-bond acceptors (Lipinski definition) is 3. The molecule has 0 saturated carbocycles. The van der Waals surface area contributed by atoms with Crippen LogP contribution in [-0.2, 0) is 19.4 Å². The molecule has 1 atom stereocenters. The van der Waals surface area contributed by atoms with Crippen LogP contribution >= 0.6 is 22.9 Å². The number of thiophene rings is 1. The zero-order valence-corrected chi connectivity index (χ0v) is 27.4. The smallest absolute Gasteiger partial charge is 0.259 e. The van der Waals surface area contributed by atoms with Crippen LogP contribution in [0.1, 0.15) is 59.1 Å². The van der Waals surface area contributed by atoms with Gasteiger partial charge >= 0.3 is 0 Å². The number of nitrogens with zero attached hydrogens (tertiary/aromatic N) is 2. The van der Waals surface area contributed by atoms with E-state index in [0.29, 0.717) is 16.5 Å². The molecule has 226 valence electrons. The number of aromatic nitrogens is 1. The summed E-state index contributed by atoms with van der Waals surface area (Å²) in [6, 6.07) is 30.8. The largest absolute Gasteiger partial charge is 0.342 e. The molecular formula is C39H36ClN3OS. The van der Waals surface area contributed by atoms with Gasteiger partial charge in [0.15, 0.2) is 0 Å². The maximum absolute atomic E-state index is 13.9. The van der Waals surface area contributed by atoms with Gasteiger partial charge in [-0.1, -0.05) is 93.0 Å². The van der Waals surface area contributed by atoms with Crippen molar-refractivity contribution in [1.82, 2.24) is 4.57 Å². The van der Waals surface area contributed by atoms with Crippen LogP contribution in [0.15, 0.2) is 102 Å². The first kappa shape index (κ1) is 29.5. The van der Waals surface area contributed by atoms with Crippen LogP contribution in [0.2, 0.25) is 5.02 Å². The number of carbonyl (C=O) groups is 1. The van der Waals surface area contributed by atoms with Crippen molar-refractivity contribution in [3.05, 3.63) is 129 Å². The fourth-order valence-electron chi connectivity index (χ4n) is 6.61. The van der Waals surface area contributed by atoms with Gasteiger partial charge in [0.1, 0.15) is 5.00 Å². The third kappa shape index (κ3) is 5.95. The summed E-state index contributed by atoms with van der Waals surface area (Å²) in [6.07, 6.45) is 7.06. The lowest BCUT2D eigenvalue weighted by atomic mass is 9.72. The van der Waals surface area contributed by atoms with Crippen LogP contribution in [0.4, 0.5) is 10.7 Å². The molecule has 0 fully saturated rings. The molecule has 0 spiro atoms. The van der Waals surface area contributed by atoms with Crippen molar-refractivity contribution in [2.45, 2.75) is 46.6 Å². The minimum atomic E-state index is -0.116. The van der Waals surface area contributed by atoms with E-state index in [4.69, 9.17) is 16.6 Å². The van der Waals surface area contributed by atoms with Crippen molar-refractivity contribution in [2.75, 3.05) is 5.32 Å². The Labute approximate surface area is 273 Å². The number of nitrogens with one attached hydrogen (secondary N) is 1. The molecule has 1 aliphatic rings. The second-order valence-electron chi connectivity index (χ2n) is 13.1. The molecule has 45 heavy (non-hydrogen) atoms. The monoisotopic (exact) mass is 629 g/mol. The Morgan fingerprint density at radius 3 is 2.51 bits per heavy atom. The number of halogens is 1. The van der Waals surface area contributed by atoms with Crippen molar-refractivity contribution in [3.8, 4) is 0 Å². The van der Waals surface area contributed by atoms with Gasteiger partial charge < -0.3 is 9.88 Å². The lowest BCUT2D eigenvalue weighted by molar-refractivity contribution is 0.102. The van der Waals surface area contributed by atoms with E-state index >= 15 is 0 Å². The number of fused-ring (bicyclic) bond motifs is 3. The number of anilines is 1. The molecule has 0 saturated heterocycles. The molecule has 0 unspecified atom stereocenters. The Morgan fingerprint density at radius 2 is 1.71 bits per heavy atom. The first-order valence-corrected chi connectivity index (χ1v) is 16.7. The Morgan fingerprint density at radius 1 is 0.978 bits per heavy atom. The summed E-state index contributed by atoms with van der Waals surface area (Å²) in [6.45, 7) is 7.71. The molecule has 1 amide bonds. The molecular weight excluding hydrogens is 594 g/mol. The Bertz CT molecular complexity index is 2060. The van der Waals surface area contributed by atoms with Crippen molar-refractivity contribution >= 4 is 67.4 Å². The fraction of sp³-hybridized carbons (Fsp3) is 0.231. The average molecular weight is 630 g/mol. The van der Waals surface area contributed by atoms with Crippen molar-refractivity contribution < 1.29 is 4.79 Å². The highest BCUT2D eigenvalue weighted by molar-refractivity contribution is 7.16. The minimum absolute atomic E-state index is 0.116. The van der Waals surface area contributed by atoms with Gasteiger partial charge in [0.05, 0.1) is 5.56 Å². The van der Waals surface area contributed by atoms with Gasteiger partial charge in [0.25, 0.3) is 5.91 Å². The molecule has 2 aromatic heterocycles. The highest BCUT2D eigenvalue weighted by Crippen LogP contribution is 2.45. The molecule has 0 bridgehead atoms. The van der Waals surface area contributed by atoms with E-state index in [2.05, 4.69) is 104 Å². The van der Waals surface area contributed by atoms with Gasteiger partial charge in [-0.05, 0) is 82.8 Å². The summed E-state index contributed by atoms with van der Waals surface area (Å²) in [5.41, 5.74) is 6.26. The van der Waals surface area contributed by atoms with Crippen molar-refractivity contribution in [3.63, 3.8) is 0 Å². The van der Waals surface area contributed by atoms with E-state index in [1.54, 1.807) is 23.5 Å². The van der Waals surface area contributed by atoms with E-state index in [1.807, 2.05) is 18.3 Å². The average Bonchev–Trinajstić information content (AvgIpc) is 3.58. The third-order valence-corrected chi connectivity index (χ3v) is 10.6. The summed E-state index contributed by atoms with van der Waals surface area (Å²) < 4.78 is 2.31. The van der Waals surface area contributed by atoms with Crippen LogP contribution in [0.3, 0.4) is 0 Å². The number of rotatable bonds is 6. The summed E-state index contributed by atoms with van der Waals surface area (Å²) in [4.78, 5) is 20.2. The molecule has 0 radical (unpaired) electrons. The maximum atomic E-state index is 13.9. The first-order valence-electron chi connectivity index (χ1n) is 15.5. The molecule has 4 nitrogen and oxygen atoms in total. The number of benzene rings is 4. The predicted octanol–water partition coefficient (Wildman–Crippen LogP) is 10.7. The van der Waals surface area contributed by atoms with Crippen LogP contribution in [-0.4, -0.2) is 16.7 Å². The van der Waals surface area contributed by atoms with E-state index in [0.717, 1.165) is 58.5 Å². The normalized spacial score (nSPS) is 15.2. The highest BCUT2D eigenvalue weighted by atomic mass is 35.5. The highest BCUT2D eigenvalue weighted by Gasteiger charge is 2.33. The molecule has 6 aromatic rings.